The fourth-order valence-corrected chi connectivity index (χ4v) is 4.06. The summed E-state index contributed by atoms with van der Waals surface area (Å²) >= 11 is 0. The molecule has 5 nitrogen and oxygen atoms in total. The van der Waals surface area contributed by atoms with Crippen LogP contribution in [0.1, 0.15) is 30.9 Å². The van der Waals surface area contributed by atoms with Crippen molar-refractivity contribution in [3.63, 3.8) is 0 Å². The summed E-state index contributed by atoms with van der Waals surface area (Å²) in [6.45, 7) is 3.83. The monoisotopic (exact) mass is 363 g/mol. The number of imide groups is 1. The summed E-state index contributed by atoms with van der Waals surface area (Å²) < 4.78 is 5.54. The average Bonchev–Trinajstić information content (AvgIpc) is 3.13. The molecule has 1 unspecified atom stereocenters. The van der Waals surface area contributed by atoms with Gasteiger partial charge in [0, 0.05) is 12.0 Å². The lowest BCUT2D eigenvalue weighted by atomic mass is 9.98. The molecule has 0 saturated carbocycles. The zero-order valence-corrected chi connectivity index (χ0v) is 15.3. The summed E-state index contributed by atoms with van der Waals surface area (Å²) in [6, 6.07) is 15.5. The molecule has 5 heteroatoms. The van der Waals surface area contributed by atoms with Gasteiger partial charge in [-0.2, -0.15) is 0 Å². The molecule has 138 valence electrons. The molecular formula is C22H21NO4. The number of amides is 2. The Bertz CT molecular complexity index is 901. The zero-order chi connectivity index (χ0) is 19.1. The summed E-state index contributed by atoms with van der Waals surface area (Å²) in [5.74, 6) is -0.807. The predicted molar refractivity (Wildman–Crippen MR) is 101 cm³/mol. The first kappa shape index (κ1) is 17.3. The van der Waals surface area contributed by atoms with Gasteiger partial charge >= 0.3 is 6.09 Å². The van der Waals surface area contributed by atoms with Crippen molar-refractivity contribution in [1.29, 1.82) is 0 Å². The maximum Gasteiger partial charge on any atom is 0.417 e. The Hall–Kier alpha value is -3.08. The minimum atomic E-state index is -0.721. The maximum absolute atomic E-state index is 12.6. The third-order valence-electron chi connectivity index (χ3n) is 5.25. The molecule has 2 aromatic carbocycles. The molecule has 0 bridgehead atoms. The Balaban J connectivity index is 1.56. The second-order valence-corrected chi connectivity index (χ2v) is 7.27. The minimum Gasteiger partial charge on any atom is -0.510 e. The topological polar surface area (TPSA) is 66.8 Å². The molecule has 0 aromatic heterocycles. The lowest BCUT2D eigenvalue weighted by Gasteiger charge is -2.26. The molecule has 1 aliphatic heterocycles. The summed E-state index contributed by atoms with van der Waals surface area (Å²) in [6.07, 6.45) is 0.368. The third kappa shape index (κ3) is 2.79. The number of ether oxygens (including phenoxy) is 1. The van der Waals surface area contributed by atoms with Gasteiger partial charge < -0.3 is 9.84 Å². The molecule has 2 amide bonds. The van der Waals surface area contributed by atoms with E-state index in [-0.39, 0.29) is 24.2 Å². The van der Waals surface area contributed by atoms with Gasteiger partial charge in [-0.3, -0.25) is 4.79 Å². The van der Waals surface area contributed by atoms with Gasteiger partial charge in [0.15, 0.2) is 0 Å². The van der Waals surface area contributed by atoms with E-state index >= 15 is 0 Å². The van der Waals surface area contributed by atoms with Crippen molar-refractivity contribution in [2.75, 3.05) is 6.61 Å². The van der Waals surface area contributed by atoms with Crippen LogP contribution in [0.4, 0.5) is 4.79 Å². The Morgan fingerprint density at radius 2 is 1.63 bits per heavy atom. The highest BCUT2D eigenvalue weighted by molar-refractivity contribution is 6.02. The fourth-order valence-electron chi connectivity index (χ4n) is 4.06. The Morgan fingerprint density at radius 3 is 2.19 bits per heavy atom. The maximum atomic E-state index is 12.6. The van der Waals surface area contributed by atoms with E-state index in [4.69, 9.17) is 4.74 Å². The number of carbonyl (C=O) groups excluding carboxylic acids is 2. The van der Waals surface area contributed by atoms with E-state index in [2.05, 4.69) is 12.1 Å². The van der Waals surface area contributed by atoms with E-state index in [0.29, 0.717) is 0 Å². The molecule has 1 aliphatic carbocycles. The Labute approximate surface area is 157 Å². The molecule has 1 atom stereocenters. The number of carbonyl (C=O) groups is 2. The zero-order valence-electron chi connectivity index (χ0n) is 15.3. The first-order valence-electron chi connectivity index (χ1n) is 9.07. The van der Waals surface area contributed by atoms with E-state index in [0.717, 1.165) is 33.2 Å². The van der Waals surface area contributed by atoms with Gasteiger partial charge in [0.2, 0.25) is 0 Å². The smallest absolute Gasteiger partial charge is 0.417 e. The molecule has 0 radical (unpaired) electrons. The molecule has 0 fully saturated rings. The van der Waals surface area contributed by atoms with Gasteiger partial charge in [0.25, 0.3) is 5.91 Å². The van der Waals surface area contributed by atoms with Crippen LogP contribution in [0, 0.1) is 5.92 Å². The Morgan fingerprint density at radius 1 is 1.07 bits per heavy atom. The third-order valence-corrected chi connectivity index (χ3v) is 5.25. The summed E-state index contributed by atoms with van der Waals surface area (Å²) in [5.41, 5.74) is 4.51. The largest absolute Gasteiger partial charge is 0.510 e. The van der Waals surface area contributed by atoms with Crippen LogP contribution < -0.4 is 0 Å². The minimum absolute atomic E-state index is 0.0712. The van der Waals surface area contributed by atoms with Gasteiger partial charge in [-0.05, 0) is 28.2 Å². The lowest BCUT2D eigenvalue weighted by Crippen LogP contribution is -2.43. The quantitative estimate of drug-likeness (QED) is 0.885. The number of fused-ring (bicyclic) bond motifs is 3. The average molecular weight is 363 g/mol. The fraction of sp³-hybridized carbons (Fsp3) is 0.273. The number of aliphatic hydroxyl groups excluding tert-OH is 1. The van der Waals surface area contributed by atoms with Crippen molar-refractivity contribution in [2.24, 2.45) is 5.92 Å². The molecular weight excluding hydrogens is 342 g/mol. The van der Waals surface area contributed by atoms with Crippen molar-refractivity contribution in [3.05, 3.63) is 71.5 Å². The molecule has 0 spiro atoms. The van der Waals surface area contributed by atoms with Crippen molar-refractivity contribution in [2.45, 2.75) is 25.8 Å². The summed E-state index contributed by atoms with van der Waals surface area (Å²) in [7, 11) is 0. The second kappa shape index (κ2) is 6.58. The van der Waals surface area contributed by atoms with E-state index < -0.39 is 18.0 Å². The highest BCUT2D eigenvalue weighted by atomic mass is 16.6. The molecule has 0 saturated heterocycles. The summed E-state index contributed by atoms with van der Waals surface area (Å²) in [4.78, 5) is 25.8. The van der Waals surface area contributed by atoms with Crippen LogP contribution in [0.15, 0.2) is 60.4 Å². The number of benzene rings is 2. The second-order valence-electron chi connectivity index (χ2n) is 7.27. The Kier molecular flexibility index (Phi) is 4.22. The van der Waals surface area contributed by atoms with Crippen molar-refractivity contribution in [3.8, 4) is 11.1 Å². The van der Waals surface area contributed by atoms with Crippen LogP contribution in [-0.4, -0.2) is 34.7 Å². The van der Waals surface area contributed by atoms with E-state index in [1.807, 2.05) is 50.2 Å². The summed E-state index contributed by atoms with van der Waals surface area (Å²) in [5, 5.41) is 9.98. The first-order valence-corrected chi connectivity index (χ1v) is 9.07. The highest BCUT2D eigenvalue weighted by Gasteiger charge is 2.41. The van der Waals surface area contributed by atoms with Gasteiger partial charge in [-0.15, -0.1) is 0 Å². The van der Waals surface area contributed by atoms with Crippen LogP contribution in [-0.2, 0) is 9.53 Å². The van der Waals surface area contributed by atoms with Gasteiger partial charge in [0.05, 0.1) is 0 Å². The normalized spacial score (nSPS) is 18.5. The SMILES string of the molecule is CC(C)C1C(O)=CC(=O)N1C(=O)OCC1c2ccccc2-c2ccccc21. The van der Waals surface area contributed by atoms with Crippen LogP contribution in [0.3, 0.4) is 0 Å². The number of hydrogen-bond donors (Lipinski definition) is 1. The molecule has 4 rings (SSSR count). The molecule has 27 heavy (non-hydrogen) atoms. The first-order chi connectivity index (χ1) is 13.0. The van der Waals surface area contributed by atoms with Crippen LogP contribution >= 0.6 is 0 Å². The number of nitrogens with zero attached hydrogens (tertiary/aromatic N) is 1. The van der Waals surface area contributed by atoms with Crippen molar-refractivity contribution < 1.29 is 19.4 Å². The van der Waals surface area contributed by atoms with Gasteiger partial charge in [-0.25, -0.2) is 9.69 Å². The standard InChI is InChI=1S/C22H21NO4/c1-13(2)21-19(24)11-20(25)23(21)22(26)27-12-18-16-9-5-3-7-14(16)15-8-4-6-10-17(15)18/h3-11,13,18,21,24H,12H2,1-2H3. The molecule has 2 aromatic rings. The van der Waals surface area contributed by atoms with Gasteiger partial charge in [0.1, 0.15) is 18.4 Å². The van der Waals surface area contributed by atoms with E-state index in [1.54, 1.807) is 0 Å². The van der Waals surface area contributed by atoms with Crippen molar-refractivity contribution >= 4 is 12.0 Å². The van der Waals surface area contributed by atoms with Crippen LogP contribution in [0.2, 0.25) is 0 Å². The van der Waals surface area contributed by atoms with Gasteiger partial charge in [-0.1, -0.05) is 62.4 Å². The molecule has 1 heterocycles. The highest BCUT2D eigenvalue weighted by Crippen LogP contribution is 2.44. The lowest BCUT2D eigenvalue weighted by molar-refractivity contribution is -0.125. The predicted octanol–water partition coefficient (Wildman–Crippen LogP) is 4.24. The van der Waals surface area contributed by atoms with E-state index in [9.17, 15) is 14.7 Å². The van der Waals surface area contributed by atoms with E-state index in [1.165, 1.54) is 0 Å². The molecule has 2 aliphatic rings. The number of aliphatic hydroxyl groups is 1. The number of hydrogen-bond acceptors (Lipinski definition) is 4. The van der Waals surface area contributed by atoms with Crippen LogP contribution in [0.25, 0.3) is 11.1 Å². The van der Waals surface area contributed by atoms with Crippen molar-refractivity contribution in [1.82, 2.24) is 4.90 Å². The number of rotatable bonds is 3. The molecule has 1 N–H and O–H groups in total. The van der Waals surface area contributed by atoms with Crippen LogP contribution in [0.5, 0.6) is 0 Å².